The molecule has 8 heteroatoms. The van der Waals surface area contributed by atoms with E-state index in [0.717, 1.165) is 38.4 Å². The standard InChI is InChI=1S/C22H28BrN3O4/c1-25-9-11-26(12-10-25)14-15-5-7-16(8-6-15)24-22(27)17-13-18(28-2)20(29-3)21(30-4)19(17)23/h5-8,13H,9-12,14H2,1-4H3,(H,24,27). The molecule has 0 aromatic heterocycles. The fourth-order valence-corrected chi connectivity index (χ4v) is 4.08. The number of hydrogen-bond acceptors (Lipinski definition) is 6. The number of nitrogens with one attached hydrogen (secondary N) is 1. The van der Waals surface area contributed by atoms with Crippen molar-refractivity contribution >= 4 is 27.5 Å². The van der Waals surface area contributed by atoms with E-state index in [1.165, 1.54) is 26.9 Å². The third-order valence-electron chi connectivity index (χ3n) is 5.23. The van der Waals surface area contributed by atoms with Gasteiger partial charge in [0.05, 0.1) is 31.4 Å². The van der Waals surface area contributed by atoms with Crippen molar-refractivity contribution in [1.82, 2.24) is 9.80 Å². The van der Waals surface area contributed by atoms with Gasteiger partial charge >= 0.3 is 0 Å². The van der Waals surface area contributed by atoms with Crippen LogP contribution in [-0.2, 0) is 6.54 Å². The van der Waals surface area contributed by atoms with E-state index in [0.29, 0.717) is 27.3 Å². The molecule has 0 unspecified atom stereocenters. The number of carbonyl (C=O) groups excluding carboxylic acids is 1. The lowest BCUT2D eigenvalue weighted by Gasteiger charge is -2.32. The van der Waals surface area contributed by atoms with Crippen molar-refractivity contribution in [2.45, 2.75) is 6.54 Å². The Morgan fingerprint density at radius 3 is 2.20 bits per heavy atom. The molecular weight excluding hydrogens is 450 g/mol. The summed E-state index contributed by atoms with van der Waals surface area (Å²) in [6.07, 6.45) is 0. The molecule has 2 aromatic rings. The molecule has 7 nitrogen and oxygen atoms in total. The average molecular weight is 478 g/mol. The van der Waals surface area contributed by atoms with Crippen molar-refractivity contribution < 1.29 is 19.0 Å². The maximum atomic E-state index is 12.9. The molecule has 1 fully saturated rings. The Morgan fingerprint density at radius 2 is 1.63 bits per heavy atom. The molecule has 0 spiro atoms. The van der Waals surface area contributed by atoms with Crippen LogP contribution in [0.2, 0.25) is 0 Å². The molecule has 1 amide bonds. The number of rotatable bonds is 7. The topological polar surface area (TPSA) is 63.3 Å². The van der Waals surface area contributed by atoms with Gasteiger partial charge in [0, 0.05) is 38.4 Å². The summed E-state index contributed by atoms with van der Waals surface area (Å²) in [7, 11) is 6.71. The number of benzene rings is 2. The number of piperazine rings is 1. The number of hydrogen-bond donors (Lipinski definition) is 1. The Balaban J connectivity index is 1.71. The van der Waals surface area contributed by atoms with Gasteiger partial charge < -0.3 is 24.4 Å². The molecule has 162 valence electrons. The highest BCUT2D eigenvalue weighted by Gasteiger charge is 2.23. The van der Waals surface area contributed by atoms with E-state index in [4.69, 9.17) is 14.2 Å². The Hall–Kier alpha value is -2.29. The second kappa shape index (κ2) is 10.1. The van der Waals surface area contributed by atoms with Crippen LogP contribution in [0.15, 0.2) is 34.8 Å². The summed E-state index contributed by atoms with van der Waals surface area (Å²) in [6.45, 7) is 5.25. The molecule has 0 aliphatic carbocycles. The number of nitrogens with zero attached hydrogens (tertiary/aromatic N) is 2. The summed E-state index contributed by atoms with van der Waals surface area (Å²) in [5, 5.41) is 2.93. The molecule has 1 aliphatic heterocycles. The van der Waals surface area contributed by atoms with Gasteiger partial charge in [0.1, 0.15) is 0 Å². The van der Waals surface area contributed by atoms with E-state index in [9.17, 15) is 4.79 Å². The van der Waals surface area contributed by atoms with Crippen LogP contribution in [0.3, 0.4) is 0 Å². The molecule has 0 bridgehead atoms. The molecule has 1 heterocycles. The quantitative estimate of drug-likeness (QED) is 0.658. The van der Waals surface area contributed by atoms with Crippen molar-refractivity contribution in [1.29, 1.82) is 0 Å². The van der Waals surface area contributed by atoms with Crippen LogP contribution in [-0.4, -0.2) is 70.3 Å². The molecule has 30 heavy (non-hydrogen) atoms. The highest BCUT2D eigenvalue weighted by atomic mass is 79.9. The van der Waals surface area contributed by atoms with E-state index >= 15 is 0 Å². The normalized spacial score (nSPS) is 15.0. The first-order chi connectivity index (χ1) is 14.5. The van der Waals surface area contributed by atoms with Crippen LogP contribution in [0.25, 0.3) is 0 Å². The maximum Gasteiger partial charge on any atom is 0.257 e. The average Bonchev–Trinajstić information content (AvgIpc) is 2.76. The highest BCUT2D eigenvalue weighted by Crippen LogP contribution is 2.44. The lowest BCUT2D eigenvalue weighted by molar-refractivity contribution is 0.102. The zero-order valence-electron chi connectivity index (χ0n) is 17.8. The second-order valence-corrected chi connectivity index (χ2v) is 8.03. The van der Waals surface area contributed by atoms with E-state index in [1.54, 1.807) is 6.07 Å². The third-order valence-corrected chi connectivity index (χ3v) is 6.02. The zero-order valence-corrected chi connectivity index (χ0v) is 19.4. The van der Waals surface area contributed by atoms with E-state index < -0.39 is 0 Å². The van der Waals surface area contributed by atoms with Crippen molar-refractivity contribution in [2.75, 3.05) is 59.9 Å². The SMILES string of the molecule is COc1cc(C(=O)Nc2ccc(CN3CCN(C)CC3)cc2)c(Br)c(OC)c1OC. The first-order valence-electron chi connectivity index (χ1n) is 9.76. The molecule has 1 N–H and O–H groups in total. The summed E-state index contributed by atoms with van der Waals surface area (Å²) >= 11 is 3.45. The van der Waals surface area contributed by atoms with Gasteiger partial charge in [0.15, 0.2) is 11.5 Å². The first kappa shape index (κ1) is 22.4. The summed E-state index contributed by atoms with van der Waals surface area (Å²) in [5.74, 6) is 0.986. The molecule has 2 aromatic carbocycles. The molecular formula is C22H28BrN3O4. The fraction of sp³-hybridized carbons (Fsp3) is 0.409. The maximum absolute atomic E-state index is 12.9. The number of ether oxygens (including phenoxy) is 3. The molecule has 0 saturated carbocycles. The third kappa shape index (κ3) is 5.06. The van der Waals surface area contributed by atoms with Crippen molar-refractivity contribution in [2.24, 2.45) is 0 Å². The molecule has 1 saturated heterocycles. The van der Waals surface area contributed by atoms with Crippen LogP contribution in [0, 0.1) is 0 Å². The number of methoxy groups -OCH3 is 3. The number of carbonyl (C=O) groups is 1. The number of likely N-dealkylation sites (N-methyl/N-ethyl adjacent to an activating group) is 1. The van der Waals surface area contributed by atoms with Crippen molar-refractivity contribution in [3.63, 3.8) is 0 Å². The lowest BCUT2D eigenvalue weighted by Crippen LogP contribution is -2.43. The minimum Gasteiger partial charge on any atom is -0.493 e. The predicted molar refractivity (Wildman–Crippen MR) is 121 cm³/mol. The van der Waals surface area contributed by atoms with Gasteiger partial charge in [-0.15, -0.1) is 0 Å². The number of amides is 1. The Labute approximate surface area is 186 Å². The molecule has 1 aliphatic rings. The Bertz CT molecular complexity index is 881. The monoisotopic (exact) mass is 477 g/mol. The summed E-state index contributed by atoms with van der Waals surface area (Å²) in [5.41, 5.74) is 2.35. The van der Waals surface area contributed by atoms with Gasteiger partial charge in [-0.05, 0) is 46.7 Å². The van der Waals surface area contributed by atoms with E-state index in [-0.39, 0.29) is 5.91 Å². The minimum atomic E-state index is -0.270. The summed E-state index contributed by atoms with van der Waals surface area (Å²) in [4.78, 5) is 17.7. The second-order valence-electron chi connectivity index (χ2n) is 7.24. The smallest absolute Gasteiger partial charge is 0.257 e. The van der Waals surface area contributed by atoms with Crippen LogP contribution in [0.4, 0.5) is 5.69 Å². The first-order valence-corrected chi connectivity index (χ1v) is 10.6. The highest BCUT2D eigenvalue weighted by molar-refractivity contribution is 9.10. The van der Waals surface area contributed by atoms with Crippen LogP contribution < -0.4 is 19.5 Å². The molecule has 3 rings (SSSR count). The van der Waals surface area contributed by atoms with Gasteiger partial charge in [0.25, 0.3) is 5.91 Å². The molecule has 0 atom stereocenters. The van der Waals surface area contributed by atoms with E-state index in [1.807, 2.05) is 12.1 Å². The Morgan fingerprint density at radius 1 is 1.00 bits per heavy atom. The minimum absolute atomic E-state index is 0.270. The Kier molecular flexibility index (Phi) is 7.58. The van der Waals surface area contributed by atoms with Gasteiger partial charge in [-0.2, -0.15) is 0 Å². The number of halogens is 1. The predicted octanol–water partition coefficient (Wildman–Crippen LogP) is 3.47. The van der Waals surface area contributed by atoms with Gasteiger partial charge in [-0.3, -0.25) is 9.69 Å². The van der Waals surface area contributed by atoms with Crippen LogP contribution in [0.1, 0.15) is 15.9 Å². The fourth-order valence-electron chi connectivity index (χ4n) is 3.44. The van der Waals surface area contributed by atoms with Crippen molar-refractivity contribution in [3.8, 4) is 17.2 Å². The summed E-state index contributed by atoms with van der Waals surface area (Å²) in [6, 6.07) is 9.59. The van der Waals surface area contributed by atoms with E-state index in [2.05, 4.69) is 50.2 Å². The van der Waals surface area contributed by atoms with Crippen LogP contribution >= 0.6 is 15.9 Å². The van der Waals surface area contributed by atoms with Gasteiger partial charge in [-0.1, -0.05) is 12.1 Å². The lowest BCUT2D eigenvalue weighted by atomic mass is 10.1. The summed E-state index contributed by atoms with van der Waals surface area (Å²) < 4.78 is 16.6. The largest absolute Gasteiger partial charge is 0.493 e. The van der Waals surface area contributed by atoms with Crippen LogP contribution in [0.5, 0.6) is 17.2 Å². The van der Waals surface area contributed by atoms with Gasteiger partial charge in [0.2, 0.25) is 5.75 Å². The van der Waals surface area contributed by atoms with Crippen molar-refractivity contribution in [3.05, 3.63) is 45.9 Å². The molecule has 0 radical (unpaired) electrons. The number of anilines is 1. The zero-order chi connectivity index (χ0) is 21.7. The van der Waals surface area contributed by atoms with Gasteiger partial charge in [-0.25, -0.2) is 0 Å².